The predicted molar refractivity (Wildman–Crippen MR) is 86.1 cm³/mol. The number of hydrogen-bond acceptors (Lipinski definition) is 4. The van der Waals surface area contributed by atoms with E-state index in [-0.39, 0.29) is 12.1 Å². The lowest BCUT2D eigenvalue weighted by molar-refractivity contribution is 0.0939. The fourth-order valence-electron chi connectivity index (χ4n) is 2.38. The number of aromatic nitrogens is 3. The van der Waals surface area contributed by atoms with Gasteiger partial charge in [-0.25, -0.2) is 13.8 Å². The largest absolute Gasteiger partial charge is 0.444 e. The van der Waals surface area contributed by atoms with Crippen molar-refractivity contribution in [2.24, 2.45) is 7.05 Å². The molecule has 0 fully saturated rings. The van der Waals surface area contributed by atoms with E-state index in [1.807, 2.05) is 30.3 Å². The summed E-state index contributed by atoms with van der Waals surface area (Å²) in [5.74, 6) is -0.0932. The highest BCUT2D eigenvalue weighted by Crippen LogP contribution is 2.21. The molecule has 1 amide bonds. The Bertz CT molecular complexity index is 859. The van der Waals surface area contributed by atoms with Crippen LogP contribution in [0.4, 0.5) is 8.78 Å². The van der Waals surface area contributed by atoms with E-state index in [1.165, 1.54) is 24.2 Å². The summed E-state index contributed by atoms with van der Waals surface area (Å²) in [6, 6.07) is 9.42. The van der Waals surface area contributed by atoms with Gasteiger partial charge >= 0.3 is 0 Å². The summed E-state index contributed by atoms with van der Waals surface area (Å²) in [5, 5.41) is 6.21. The Morgan fingerprint density at radius 3 is 2.80 bits per heavy atom. The van der Waals surface area contributed by atoms with Crippen LogP contribution in [0.15, 0.2) is 47.2 Å². The number of nitrogens with one attached hydrogen (secondary N) is 1. The van der Waals surface area contributed by atoms with Crippen molar-refractivity contribution in [1.82, 2.24) is 20.1 Å². The summed E-state index contributed by atoms with van der Waals surface area (Å²) in [6.07, 6.45) is 0.418. The first-order chi connectivity index (χ1) is 12.0. The minimum atomic E-state index is -2.80. The van der Waals surface area contributed by atoms with Gasteiger partial charge in [0.25, 0.3) is 12.3 Å². The van der Waals surface area contributed by atoms with Crippen molar-refractivity contribution in [3.05, 3.63) is 59.7 Å². The summed E-state index contributed by atoms with van der Waals surface area (Å²) in [6.45, 7) is 0.247. The Morgan fingerprint density at radius 2 is 2.08 bits per heavy atom. The van der Waals surface area contributed by atoms with Crippen molar-refractivity contribution in [2.45, 2.75) is 12.8 Å². The van der Waals surface area contributed by atoms with Crippen LogP contribution in [-0.4, -0.2) is 27.2 Å². The van der Waals surface area contributed by atoms with Crippen LogP contribution in [0.25, 0.3) is 11.5 Å². The second-order valence-corrected chi connectivity index (χ2v) is 5.42. The average Bonchev–Trinajstić information content (AvgIpc) is 3.22. The Kier molecular flexibility index (Phi) is 4.87. The molecular weight excluding hydrogens is 330 g/mol. The summed E-state index contributed by atoms with van der Waals surface area (Å²) >= 11 is 0. The normalized spacial score (nSPS) is 11.0. The molecule has 0 aliphatic rings. The quantitative estimate of drug-likeness (QED) is 0.745. The highest BCUT2D eigenvalue weighted by molar-refractivity contribution is 5.95. The molecule has 0 saturated carbocycles. The zero-order valence-electron chi connectivity index (χ0n) is 13.4. The van der Waals surface area contributed by atoms with Crippen LogP contribution < -0.4 is 5.32 Å². The van der Waals surface area contributed by atoms with Gasteiger partial charge in [-0.3, -0.25) is 9.48 Å². The molecule has 2 aromatic heterocycles. The number of alkyl halides is 2. The minimum Gasteiger partial charge on any atom is -0.444 e. The molecule has 0 bridgehead atoms. The molecule has 1 N–H and O–H groups in total. The van der Waals surface area contributed by atoms with Gasteiger partial charge < -0.3 is 9.73 Å². The number of carbonyl (C=O) groups excluding carboxylic acids is 1. The number of hydrogen-bond donors (Lipinski definition) is 1. The summed E-state index contributed by atoms with van der Waals surface area (Å²) in [4.78, 5) is 16.4. The molecule has 0 radical (unpaired) electrons. The maximum Gasteiger partial charge on any atom is 0.282 e. The first-order valence-corrected chi connectivity index (χ1v) is 7.64. The lowest BCUT2D eigenvalue weighted by atomic mass is 10.2. The fraction of sp³-hybridized carbons (Fsp3) is 0.235. The molecule has 130 valence electrons. The third-order valence-corrected chi connectivity index (χ3v) is 3.55. The van der Waals surface area contributed by atoms with Crippen molar-refractivity contribution in [2.75, 3.05) is 6.54 Å². The Morgan fingerprint density at radius 1 is 1.32 bits per heavy atom. The van der Waals surface area contributed by atoms with E-state index < -0.39 is 18.0 Å². The molecule has 3 aromatic rings. The fourth-order valence-corrected chi connectivity index (χ4v) is 2.38. The van der Waals surface area contributed by atoms with Crippen LogP contribution in [-0.2, 0) is 13.5 Å². The summed E-state index contributed by atoms with van der Waals surface area (Å²) < 4.78 is 32.4. The van der Waals surface area contributed by atoms with E-state index in [9.17, 15) is 13.6 Å². The number of oxazole rings is 1. The molecule has 0 atom stereocenters. The topological polar surface area (TPSA) is 73.0 Å². The smallest absolute Gasteiger partial charge is 0.282 e. The number of carbonyl (C=O) groups is 1. The van der Waals surface area contributed by atoms with Gasteiger partial charge in [-0.15, -0.1) is 0 Å². The Hall–Kier alpha value is -3.03. The zero-order chi connectivity index (χ0) is 17.8. The van der Waals surface area contributed by atoms with E-state index in [0.717, 1.165) is 5.56 Å². The standard InChI is InChI=1S/C17H16F2N4O2/c1-23-9-13(14(22-23)15(18)19)16(24)20-8-7-12-10-25-17(21-12)11-5-3-2-4-6-11/h2-6,9-10,15H,7-8H2,1H3,(H,20,24). The van der Waals surface area contributed by atoms with Gasteiger partial charge in [0.2, 0.25) is 5.89 Å². The van der Waals surface area contributed by atoms with E-state index >= 15 is 0 Å². The number of aryl methyl sites for hydroxylation is 1. The van der Waals surface area contributed by atoms with Crippen molar-refractivity contribution < 1.29 is 18.0 Å². The van der Waals surface area contributed by atoms with Crippen LogP contribution in [0.5, 0.6) is 0 Å². The van der Waals surface area contributed by atoms with Gasteiger partial charge in [0.05, 0.1) is 11.3 Å². The first-order valence-electron chi connectivity index (χ1n) is 7.64. The van der Waals surface area contributed by atoms with Crippen molar-refractivity contribution in [1.29, 1.82) is 0 Å². The molecule has 0 aliphatic heterocycles. The number of amides is 1. The molecule has 6 nitrogen and oxygen atoms in total. The third-order valence-electron chi connectivity index (χ3n) is 3.55. The minimum absolute atomic E-state index is 0.123. The number of rotatable bonds is 6. The first kappa shape index (κ1) is 16.8. The molecule has 8 heteroatoms. The monoisotopic (exact) mass is 346 g/mol. The second kappa shape index (κ2) is 7.25. The van der Waals surface area contributed by atoms with Gasteiger partial charge in [-0.05, 0) is 12.1 Å². The molecule has 0 saturated heterocycles. The van der Waals surface area contributed by atoms with E-state index in [4.69, 9.17) is 4.42 Å². The third kappa shape index (κ3) is 3.90. The molecular formula is C17H16F2N4O2. The Balaban J connectivity index is 1.58. The average molecular weight is 346 g/mol. The molecule has 3 rings (SSSR count). The molecule has 1 aromatic carbocycles. The van der Waals surface area contributed by atoms with Gasteiger partial charge in [0.1, 0.15) is 12.0 Å². The highest BCUT2D eigenvalue weighted by Gasteiger charge is 2.22. The van der Waals surface area contributed by atoms with Crippen LogP contribution >= 0.6 is 0 Å². The van der Waals surface area contributed by atoms with Crippen molar-refractivity contribution in [3.8, 4) is 11.5 Å². The van der Waals surface area contributed by atoms with E-state index in [2.05, 4.69) is 15.4 Å². The van der Waals surface area contributed by atoms with Gasteiger partial charge in [0.15, 0.2) is 0 Å². The maximum atomic E-state index is 12.9. The number of halogens is 2. The summed E-state index contributed by atoms with van der Waals surface area (Å²) in [5.41, 5.74) is 0.879. The number of nitrogens with zero attached hydrogens (tertiary/aromatic N) is 3. The van der Waals surface area contributed by atoms with Crippen LogP contribution in [0.1, 0.15) is 28.2 Å². The van der Waals surface area contributed by atoms with Crippen molar-refractivity contribution in [3.63, 3.8) is 0 Å². The number of benzene rings is 1. The zero-order valence-corrected chi connectivity index (χ0v) is 13.4. The van der Waals surface area contributed by atoms with Gasteiger partial charge in [-0.2, -0.15) is 5.10 Å². The van der Waals surface area contributed by atoms with Crippen LogP contribution in [0, 0.1) is 0 Å². The van der Waals surface area contributed by atoms with E-state index in [1.54, 1.807) is 0 Å². The Labute approximate surface area is 142 Å². The second-order valence-electron chi connectivity index (χ2n) is 5.42. The van der Waals surface area contributed by atoms with Gasteiger partial charge in [0, 0.05) is 31.8 Å². The predicted octanol–water partition coefficient (Wildman–Crippen LogP) is 2.99. The maximum absolute atomic E-state index is 12.9. The SMILES string of the molecule is Cn1cc(C(=O)NCCc2coc(-c3ccccc3)n2)c(C(F)F)n1. The van der Waals surface area contributed by atoms with Gasteiger partial charge in [-0.1, -0.05) is 18.2 Å². The molecule has 0 spiro atoms. The molecule has 0 aliphatic carbocycles. The summed E-state index contributed by atoms with van der Waals surface area (Å²) in [7, 11) is 1.49. The highest BCUT2D eigenvalue weighted by atomic mass is 19.3. The van der Waals surface area contributed by atoms with Crippen LogP contribution in [0.3, 0.4) is 0 Å². The molecule has 0 unspecified atom stereocenters. The van der Waals surface area contributed by atoms with Crippen LogP contribution in [0.2, 0.25) is 0 Å². The lowest BCUT2D eigenvalue weighted by Crippen LogP contribution is -2.26. The molecule has 2 heterocycles. The lowest BCUT2D eigenvalue weighted by Gasteiger charge is -2.03. The van der Waals surface area contributed by atoms with E-state index in [0.29, 0.717) is 18.0 Å². The van der Waals surface area contributed by atoms with Crippen molar-refractivity contribution >= 4 is 5.91 Å². The molecule has 25 heavy (non-hydrogen) atoms.